The number of carbonyl (C=O) groups is 2. The maximum Gasteiger partial charge on any atom is 0.265 e. The van der Waals surface area contributed by atoms with Crippen molar-refractivity contribution in [3.05, 3.63) is 70.2 Å². The van der Waals surface area contributed by atoms with Crippen molar-refractivity contribution in [3.63, 3.8) is 0 Å². The van der Waals surface area contributed by atoms with E-state index < -0.39 is 0 Å². The van der Waals surface area contributed by atoms with E-state index in [0.29, 0.717) is 28.0 Å². The van der Waals surface area contributed by atoms with Gasteiger partial charge in [0.25, 0.3) is 11.8 Å². The predicted molar refractivity (Wildman–Crippen MR) is 95.8 cm³/mol. The molecule has 3 aromatic carbocycles. The highest BCUT2D eigenvalue weighted by Gasteiger charge is 2.34. The molecular weight excluding hydrogens is 370 g/mol. The summed E-state index contributed by atoms with van der Waals surface area (Å²) in [5, 5.41) is 1.55. The molecule has 0 N–H and O–H groups in total. The van der Waals surface area contributed by atoms with Crippen molar-refractivity contribution in [2.24, 2.45) is 0 Å². The largest absolute Gasteiger partial charge is 0.497 e. The molecule has 4 rings (SSSR count). The molecule has 0 unspecified atom stereocenters. The number of carbonyl (C=O) groups excluding carboxylic acids is 2. The third-order valence-electron chi connectivity index (χ3n) is 4.17. The zero-order chi connectivity index (χ0) is 16.8. The van der Waals surface area contributed by atoms with Crippen LogP contribution >= 0.6 is 15.9 Å². The van der Waals surface area contributed by atoms with Crippen molar-refractivity contribution < 1.29 is 14.3 Å². The number of ether oxygens (including phenoxy) is 1. The highest BCUT2D eigenvalue weighted by atomic mass is 79.9. The molecule has 0 radical (unpaired) electrons. The number of amides is 2. The molecule has 5 heteroatoms. The highest BCUT2D eigenvalue weighted by molar-refractivity contribution is 9.10. The molecule has 0 aliphatic carbocycles. The Balaban J connectivity index is 1.97. The summed E-state index contributed by atoms with van der Waals surface area (Å²) in [6, 6.07) is 16.0. The molecule has 1 heterocycles. The van der Waals surface area contributed by atoms with Crippen LogP contribution in [-0.4, -0.2) is 18.9 Å². The van der Waals surface area contributed by atoms with Crippen LogP contribution in [-0.2, 0) is 0 Å². The maximum absolute atomic E-state index is 13.0. The van der Waals surface area contributed by atoms with Crippen LogP contribution in [0.3, 0.4) is 0 Å². The molecule has 1 aliphatic heterocycles. The van der Waals surface area contributed by atoms with E-state index in [9.17, 15) is 9.59 Å². The lowest BCUT2D eigenvalue weighted by atomic mass is 9.94. The number of methoxy groups -OCH3 is 1. The normalized spacial score (nSPS) is 13.5. The van der Waals surface area contributed by atoms with Gasteiger partial charge < -0.3 is 4.74 Å². The lowest BCUT2D eigenvalue weighted by Gasteiger charge is -2.27. The van der Waals surface area contributed by atoms with Gasteiger partial charge in [-0.25, -0.2) is 4.90 Å². The van der Waals surface area contributed by atoms with Gasteiger partial charge in [-0.3, -0.25) is 9.59 Å². The monoisotopic (exact) mass is 381 g/mol. The topological polar surface area (TPSA) is 46.6 Å². The average Bonchev–Trinajstić information content (AvgIpc) is 2.61. The molecule has 24 heavy (non-hydrogen) atoms. The summed E-state index contributed by atoms with van der Waals surface area (Å²) in [4.78, 5) is 27.1. The number of hydrogen-bond donors (Lipinski definition) is 0. The predicted octanol–water partition coefficient (Wildman–Crippen LogP) is 4.41. The SMILES string of the molecule is COc1cccc(N2C(=O)c3cccc4c(Br)ccc(c34)C2=O)c1. The number of halogens is 1. The second-order valence-electron chi connectivity index (χ2n) is 5.47. The van der Waals surface area contributed by atoms with Gasteiger partial charge in [0.15, 0.2) is 0 Å². The van der Waals surface area contributed by atoms with E-state index in [0.717, 1.165) is 9.86 Å². The first kappa shape index (κ1) is 14.9. The Morgan fingerprint density at radius 2 is 1.62 bits per heavy atom. The van der Waals surface area contributed by atoms with Gasteiger partial charge in [-0.2, -0.15) is 0 Å². The summed E-state index contributed by atoms with van der Waals surface area (Å²) < 4.78 is 6.06. The fraction of sp³-hybridized carbons (Fsp3) is 0.0526. The number of hydrogen-bond acceptors (Lipinski definition) is 3. The summed E-state index contributed by atoms with van der Waals surface area (Å²) in [5.74, 6) is -0.0678. The van der Waals surface area contributed by atoms with Crippen LogP contribution in [0.2, 0.25) is 0 Å². The van der Waals surface area contributed by atoms with Gasteiger partial charge in [-0.1, -0.05) is 34.1 Å². The summed E-state index contributed by atoms with van der Waals surface area (Å²) >= 11 is 3.48. The van der Waals surface area contributed by atoms with Gasteiger partial charge in [0.2, 0.25) is 0 Å². The van der Waals surface area contributed by atoms with Crippen LogP contribution in [0.15, 0.2) is 59.1 Å². The molecule has 3 aromatic rings. The Kier molecular flexibility index (Phi) is 3.39. The quantitative estimate of drug-likeness (QED) is 0.617. The summed E-state index contributed by atoms with van der Waals surface area (Å²) in [7, 11) is 1.55. The molecule has 2 amide bonds. The van der Waals surface area contributed by atoms with Crippen molar-refractivity contribution in [1.29, 1.82) is 0 Å². The fourth-order valence-electron chi connectivity index (χ4n) is 3.04. The third kappa shape index (κ3) is 2.05. The minimum Gasteiger partial charge on any atom is -0.497 e. The van der Waals surface area contributed by atoms with Crippen LogP contribution in [0.5, 0.6) is 5.75 Å². The molecule has 0 fully saturated rings. The minimum atomic E-state index is -0.329. The summed E-state index contributed by atoms with van der Waals surface area (Å²) in [6.07, 6.45) is 0. The lowest BCUT2D eigenvalue weighted by Crippen LogP contribution is -2.40. The highest BCUT2D eigenvalue weighted by Crippen LogP contribution is 2.36. The molecule has 1 aliphatic rings. The van der Waals surface area contributed by atoms with Crippen LogP contribution in [0.4, 0.5) is 5.69 Å². The van der Waals surface area contributed by atoms with E-state index in [1.165, 1.54) is 4.90 Å². The van der Waals surface area contributed by atoms with E-state index in [2.05, 4.69) is 15.9 Å². The summed E-state index contributed by atoms with van der Waals surface area (Å²) in [5.41, 5.74) is 1.53. The Bertz CT molecular complexity index is 990. The van der Waals surface area contributed by atoms with Crippen molar-refractivity contribution in [2.75, 3.05) is 12.0 Å². The van der Waals surface area contributed by atoms with E-state index in [1.54, 1.807) is 43.5 Å². The van der Waals surface area contributed by atoms with E-state index in [1.807, 2.05) is 18.2 Å². The first-order valence-corrected chi connectivity index (χ1v) is 8.15. The number of rotatable bonds is 2. The molecule has 0 atom stereocenters. The first-order chi connectivity index (χ1) is 11.6. The Labute approximate surface area is 146 Å². The Hall–Kier alpha value is -2.66. The van der Waals surface area contributed by atoms with E-state index >= 15 is 0 Å². The van der Waals surface area contributed by atoms with Crippen LogP contribution in [0.1, 0.15) is 20.7 Å². The Morgan fingerprint density at radius 3 is 2.38 bits per heavy atom. The van der Waals surface area contributed by atoms with Gasteiger partial charge in [0.1, 0.15) is 5.75 Å². The molecule has 0 saturated carbocycles. The van der Waals surface area contributed by atoms with Crippen LogP contribution < -0.4 is 9.64 Å². The third-order valence-corrected chi connectivity index (χ3v) is 4.86. The van der Waals surface area contributed by atoms with Crippen molar-refractivity contribution in [1.82, 2.24) is 0 Å². The Morgan fingerprint density at radius 1 is 0.917 bits per heavy atom. The smallest absolute Gasteiger partial charge is 0.265 e. The van der Waals surface area contributed by atoms with Crippen LogP contribution in [0, 0.1) is 0 Å². The molecule has 4 nitrogen and oxygen atoms in total. The van der Waals surface area contributed by atoms with Gasteiger partial charge in [-0.15, -0.1) is 0 Å². The van der Waals surface area contributed by atoms with Crippen molar-refractivity contribution in [3.8, 4) is 5.75 Å². The fourth-order valence-corrected chi connectivity index (χ4v) is 3.51. The van der Waals surface area contributed by atoms with Crippen molar-refractivity contribution >= 4 is 44.2 Å². The van der Waals surface area contributed by atoms with E-state index in [-0.39, 0.29) is 11.8 Å². The number of anilines is 1. The number of imide groups is 1. The molecule has 0 saturated heterocycles. The maximum atomic E-state index is 13.0. The zero-order valence-corrected chi connectivity index (χ0v) is 14.3. The molecular formula is C19H12BrNO3. The second kappa shape index (κ2) is 5.46. The molecule has 0 aromatic heterocycles. The van der Waals surface area contributed by atoms with Gasteiger partial charge in [-0.05, 0) is 35.7 Å². The molecule has 0 spiro atoms. The summed E-state index contributed by atoms with van der Waals surface area (Å²) in [6.45, 7) is 0. The molecule has 0 bridgehead atoms. The standard InChI is InChI=1S/C19H12BrNO3/c1-24-12-5-2-4-11(10-12)21-18(22)14-7-3-6-13-16(20)9-8-15(17(13)14)19(21)23/h2-10H,1H3. The lowest BCUT2D eigenvalue weighted by molar-refractivity contribution is 0.0893. The van der Waals surface area contributed by atoms with Gasteiger partial charge in [0, 0.05) is 27.1 Å². The zero-order valence-electron chi connectivity index (χ0n) is 12.7. The average molecular weight is 382 g/mol. The molecule has 118 valence electrons. The van der Waals surface area contributed by atoms with Crippen LogP contribution in [0.25, 0.3) is 10.8 Å². The first-order valence-electron chi connectivity index (χ1n) is 7.36. The minimum absolute atomic E-state index is 0.329. The van der Waals surface area contributed by atoms with Crippen molar-refractivity contribution in [2.45, 2.75) is 0 Å². The second-order valence-corrected chi connectivity index (χ2v) is 6.32. The van der Waals surface area contributed by atoms with Gasteiger partial charge in [0.05, 0.1) is 12.8 Å². The number of nitrogens with zero attached hydrogens (tertiary/aromatic N) is 1. The van der Waals surface area contributed by atoms with Gasteiger partial charge >= 0.3 is 0 Å². The number of benzene rings is 3. The van der Waals surface area contributed by atoms with E-state index in [4.69, 9.17) is 4.74 Å².